The van der Waals surface area contributed by atoms with Crippen molar-refractivity contribution in [1.29, 1.82) is 0 Å². The van der Waals surface area contributed by atoms with Gasteiger partial charge in [0.1, 0.15) is 0 Å². The van der Waals surface area contributed by atoms with Crippen LogP contribution >= 0.6 is 0 Å². The van der Waals surface area contributed by atoms with Gasteiger partial charge in [-0.05, 0) is 11.8 Å². The van der Waals surface area contributed by atoms with Gasteiger partial charge in [0, 0.05) is 13.2 Å². The molecule has 10 nitrogen and oxygen atoms in total. The summed E-state index contributed by atoms with van der Waals surface area (Å²) in [5.74, 6) is -9.65. The highest BCUT2D eigenvalue weighted by Gasteiger charge is 2.36. The molecule has 0 saturated carbocycles. The first-order chi connectivity index (χ1) is 12.9. The van der Waals surface area contributed by atoms with E-state index in [0.717, 1.165) is 0 Å². The van der Waals surface area contributed by atoms with Crippen molar-refractivity contribution in [2.45, 2.75) is 40.5 Å². The van der Waals surface area contributed by atoms with E-state index in [1.807, 2.05) is 0 Å². The Labute approximate surface area is 163 Å². The zero-order valence-corrected chi connectivity index (χ0v) is 16.6. The second-order valence-corrected chi connectivity index (χ2v) is 6.68. The molecule has 0 aliphatic rings. The Hall–Kier alpha value is -2.20. The van der Waals surface area contributed by atoms with E-state index < -0.39 is 59.4 Å². The fourth-order valence-corrected chi connectivity index (χ4v) is 2.95. The first-order valence-electron chi connectivity index (χ1n) is 9.03. The van der Waals surface area contributed by atoms with Crippen molar-refractivity contribution in [3.8, 4) is 0 Å². The van der Waals surface area contributed by atoms with Crippen LogP contribution in [0.1, 0.15) is 40.5 Å². The Morgan fingerprint density at radius 3 is 0.964 bits per heavy atom. The molecule has 0 aromatic rings. The first kappa shape index (κ1) is 28.0. The molecule has 10 heteroatoms. The summed E-state index contributed by atoms with van der Waals surface area (Å²) < 4.78 is 0. The molecule has 6 atom stereocenters. The highest BCUT2D eigenvalue weighted by molar-refractivity contribution is 5.80. The summed E-state index contributed by atoms with van der Waals surface area (Å²) in [7, 11) is 0. The summed E-state index contributed by atoms with van der Waals surface area (Å²) >= 11 is 0. The Balaban J connectivity index is 0. The van der Waals surface area contributed by atoms with Crippen LogP contribution in [0.15, 0.2) is 0 Å². The first-order valence-corrected chi connectivity index (χ1v) is 9.03. The molecule has 0 aliphatic carbocycles. The molecule has 0 rings (SSSR count). The second-order valence-electron chi connectivity index (χ2n) is 6.68. The molecule has 0 bridgehead atoms. The molecule has 28 heavy (non-hydrogen) atoms. The predicted molar refractivity (Wildman–Crippen MR) is 97.6 cm³/mol. The van der Waals surface area contributed by atoms with Gasteiger partial charge in [-0.3, -0.25) is 19.2 Å². The summed E-state index contributed by atoms with van der Waals surface area (Å²) in [5.41, 5.74) is 0. The van der Waals surface area contributed by atoms with Crippen LogP contribution < -0.4 is 0 Å². The second kappa shape index (κ2) is 13.9. The number of carboxylic acids is 4. The van der Waals surface area contributed by atoms with Crippen LogP contribution in [-0.2, 0) is 19.2 Å². The fourth-order valence-electron chi connectivity index (χ4n) is 2.95. The highest BCUT2D eigenvalue weighted by Crippen LogP contribution is 2.25. The van der Waals surface area contributed by atoms with Gasteiger partial charge in [-0.25, -0.2) is 0 Å². The summed E-state index contributed by atoms with van der Waals surface area (Å²) in [4.78, 5) is 42.9. The molecule has 0 heterocycles. The third kappa shape index (κ3) is 8.66. The highest BCUT2D eigenvalue weighted by atomic mass is 16.4. The lowest BCUT2D eigenvalue weighted by Gasteiger charge is -2.23. The van der Waals surface area contributed by atoms with Crippen molar-refractivity contribution < 1.29 is 49.8 Å². The smallest absolute Gasteiger partial charge is 0.307 e. The van der Waals surface area contributed by atoms with Crippen LogP contribution in [0.4, 0.5) is 0 Å². The lowest BCUT2D eigenvalue weighted by Crippen LogP contribution is -2.35. The van der Waals surface area contributed by atoms with E-state index >= 15 is 0 Å². The number of carboxylic acid groups (broad SMARTS) is 4. The maximum absolute atomic E-state index is 10.8. The molecule has 0 amide bonds. The minimum atomic E-state index is -1.17. The summed E-state index contributed by atoms with van der Waals surface area (Å²) in [5, 5.41) is 52.9. The van der Waals surface area contributed by atoms with Gasteiger partial charge < -0.3 is 30.6 Å². The van der Waals surface area contributed by atoms with Crippen molar-refractivity contribution in [2.24, 2.45) is 35.5 Å². The number of aliphatic carboxylic acids is 4. The van der Waals surface area contributed by atoms with E-state index in [1.165, 1.54) is 13.8 Å². The minimum Gasteiger partial charge on any atom is -0.481 e. The Morgan fingerprint density at radius 1 is 0.607 bits per heavy atom. The fraction of sp³-hybridized carbons (Fsp3) is 0.778. The minimum absolute atomic E-state index is 0.301. The largest absolute Gasteiger partial charge is 0.481 e. The van der Waals surface area contributed by atoms with Crippen molar-refractivity contribution in [3.63, 3.8) is 0 Å². The SMILES string of the molecule is CCC(CO)C(C(=O)O)C(C)C(=O)O.CCC(CO)C(C(=O)O)C(C)C(=O)O. The number of hydrogen-bond donors (Lipinski definition) is 6. The summed E-state index contributed by atoms with van der Waals surface area (Å²) in [6.45, 7) is 5.55. The standard InChI is InChI=1S/2C9H16O5/c2*1-3-6(4-10)7(9(13)14)5(2)8(11)12/h2*5-7,10H,3-4H2,1-2H3,(H,11,12)(H,13,14). The van der Waals surface area contributed by atoms with Crippen molar-refractivity contribution in [3.05, 3.63) is 0 Å². The van der Waals surface area contributed by atoms with Gasteiger partial charge in [0.2, 0.25) is 0 Å². The maximum atomic E-state index is 10.8. The number of aliphatic hydroxyl groups is 2. The zero-order valence-electron chi connectivity index (χ0n) is 16.6. The third-order valence-corrected chi connectivity index (χ3v) is 4.96. The molecular weight excluding hydrogens is 376 g/mol. The van der Waals surface area contributed by atoms with Gasteiger partial charge in [-0.2, -0.15) is 0 Å². The Kier molecular flexibility index (Phi) is 13.9. The van der Waals surface area contributed by atoms with Crippen LogP contribution in [0.2, 0.25) is 0 Å². The van der Waals surface area contributed by atoms with Crippen LogP contribution in [0, 0.1) is 35.5 Å². The van der Waals surface area contributed by atoms with Crippen molar-refractivity contribution in [1.82, 2.24) is 0 Å². The molecular formula is C18H32O10. The van der Waals surface area contributed by atoms with Crippen LogP contribution in [0.3, 0.4) is 0 Å². The van der Waals surface area contributed by atoms with E-state index in [0.29, 0.717) is 12.8 Å². The average Bonchev–Trinajstić information content (AvgIpc) is 2.62. The van der Waals surface area contributed by atoms with Gasteiger partial charge in [-0.1, -0.05) is 40.5 Å². The number of carbonyl (C=O) groups is 4. The van der Waals surface area contributed by atoms with Crippen molar-refractivity contribution >= 4 is 23.9 Å². The normalized spacial score (nSPS) is 17.1. The molecule has 0 fully saturated rings. The monoisotopic (exact) mass is 408 g/mol. The van der Waals surface area contributed by atoms with Crippen molar-refractivity contribution in [2.75, 3.05) is 13.2 Å². The van der Waals surface area contributed by atoms with Gasteiger partial charge >= 0.3 is 23.9 Å². The lowest BCUT2D eigenvalue weighted by atomic mass is 9.81. The number of hydrogen-bond acceptors (Lipinski definition) is 6. The van der Waals surface area contributed by atoms with Crippen LogP contribution in [0.25, 0.3) is 0 Å². The molecule has 0 aromatic heterocycles. The average molecular weight is 408 g/mol. The molecule has 0 radical (unpaired) electrons. The molecule has 0 aromatic carbocycles. The van der Waals surface area contributed by atoms with Gasteiger partial charge in [0.25, 0.3) is 0 Å². The predicted octanol–water partition coefficient (Wildman–Crippen LogP) is 0.853. The van der Waals surface area contributed by atoms with Gasteiger partial charge in [-0.15, -0.1) is 0 Å². The summed E-state index contributed by atoms with van der Waals surface area (Å²) in [6, 6.07) is 0. The van der Waals surface area contributed by atoms with Crippen LogP contribution in [-0.4, -0.2) is 67.7 Å². The third-order valence-electron chi connectivity index (χ3n) is 4.96. The molecule has 164 valence electrons. The Morgan fingerprint density at radius 2 is 0.857 bits per heavy atom. The quantitative estimate of drug-likeness (QED) is 0.270. The van der Waals surface area contributed by atoms with E-state index in [2.05, 4.69) is 0 Å². The molecule has 0 spiro atoms. The topological polar surface area (TPSA) is 190 Å². The molecule has 6 unspecified atom stereocenters. The maximum Gasteiger partial charge on any atom is 0.307 e. The molecule has 6 N–H and O–H groups in total. The van der Waals surface area contributed by atoms with Crippen LogP contribution in [0.5, 0.6) is 0 Å². The van der Waals surface area contributed by atoms with E-state index in [1.54, 1.807) is 13.8 Å². The van der Waals surface area contributed by atoms with Gasteiger partial charge in [0.15, 0.2) is 0 Å². The number of rotatable bonds is 12. The lowest BCUT2D eigenvalue weighted by molar-refractivity contribution is -0.156. The Bertz CT molecular complexity index is 464. The summed E-state index contributed by atoms with van der Waals surface area (Å²) in [6.07, 6.45) is 0.899. The van der Waals surface area contributed by atoms with E-state index in [4.69, 9.17) is 30.6 Å². The zero-order chi connectivity index (χ0) is 22.6. The van der Waals surface area contributed by atoms with E-state index in [-0.39, 0.29) is 13.2 Å². The number of aliphatic hydroxyl groups excluding tert-OH is 2. The van der Waals surface area contributed by atoms with E-state index in [9.17, 15) is 19.2 Å². The molecule has 0 saturated heterocycles. The molecule has 0 aliphatic heterocycles. The van der Waals surface area contributed by atoms with Gasteiger partial charge in [0.05, 0.1) is 23.7 Å².